The maximum atomic E-state index is 12.9. The highest BCUT2D eigenvalue weighted by Crippen LogP contribution is 2.29. The summed E-state index contributed by atoms with van der Waals surface area (Å²) >= 11 is 6.40. The second kappa shape index (κ2) is 9.83. The number of carboxylic acid groups (broad SMARTS) is 1. The number of aromatic nitrogens is 1. The fourth-order valence-corrected chi connectivity index (χ4v) is 4.72. The zero-order valence-corrected chi connectivity index (χ0v) is 18.3. The monoisotopic (exact) mass is 444 g/mol. The summed E-state index contributed by atoms with van der Waals surface area (Å²) in [6, 6.07) is 7.70. The molecule has 0 unspecified atom stereocenters. The van der Waals surface area contributed by atoms with Crippen LogP contribution in [0.25, 0.3) is 10.9 Å². The lowest BCUT2D eigenvalue weighted by molar-refractivity contribution is -0.136. The molecule has 1 aromatic carbocycles. The predicted octanol–water partition coefficient (Wildman–Crippen LogP) is 3.45. The van der Waals surface area contributed by atoms with Crippen molar-refractivity contribution in [2.75, 3.05) is 31.1 Å². The van der Waals surface area contributed by atoms with Gasteiger partial charge in [-0.25, -0.2) is 4.98 Å². The van der Waals surface area contributed by atoms with Crippen molar-refractivity contribution in [3.8, 4) is 0 Å². The first-order valence-electron chi connectivity index (χ1n) is 11.1. The Balaban J connectivity index is 1.41. The van der Waals surface area contributed by atoms with Crippen molar-refractivity contribution in [1.29, 1.82) is 0 Å². The minimum absolute atomic E-state index is 0.122. The number of halogens is 1. The van der Waals surface area contributed by atoms with Crippen molar-refractivity contribution in [1.82, 2.24) is 15.6 Å². The van der Waals surface area contributed by atoms with E-state index in [1.165, 1.54) is 32.1 Å². The Hall–Kier alpha value is -2.38. The Bertz CT molecular complexity index is 955. The van der Waals surface area contributed by atoms with Gasteiger partial charge in [-0.3, -0.25) is 9.59 Å². The molecule has 2 aliphatic rings. The maximum Gasteiger partial charge on any atom is 0.304 e. The summed E-state index contributed by atoms with van der Waals surface area (Å²) in [6.07, 6.45) is 6.26. The lowest BCUT2D eigenvalue weighted by Crippen LogP contribution is -2.58. The van der Waals surface area contributed by atoms with Crippen LogP contribution in [0, 0.1) is 5.92 Å². The summed E-state index contributed by atoms with van der Waals surface area (Å²) in [5.41, 5.74) is 1.23. The zero-order valence-electron chi connectivity index (χ0n) is 17.6. The highest BCUT2D eigenvalue weighted by Gasteiger charge is 2.28. The molecule has 0 atom stereocenters. The second-order valence-electron chi connectivity index (χ2n) is 8.57. The summed E-state index contributed by atoms with van der Waals surface area (Å²) in [7, 11) is 0. The van der Waals surface area contributed by atoms with Crippen molar-refractivity contribution in [3.05, 3.63) is 34.9 Å². The number of carbonyl (C=O) groups is 2. The number of carbonyl (C=O) groups excluding carboxylic acids is 1. The minimum atomic E-state index is -0.794. The van der Waals surface area contributed by atoms with E-state index in [0.29, 0.717) is 29.6 Å². The molecule has 0 bridgehead atoms. The number of carboxylic acids is 1. The predicted molar refractivity (Wildman–Crippen MR) is 122 cm³/mol. The first kappa shape index (κ1) is 21.8. The number of anilines is 1. The summed E-state index contributed by atoms with van der Waals surface area (Å²) < 4.78 is 0. The van der Waals surface area contributed by atoms with Crippen molar-refractivity contribution >= 4 is 40.2 Å². The van der Waals surface area contributed by atoms with Crippen LogP contribution in [0.1, 0.15) is 48.9 Å². The van der Waals surface area contributed by atoms with E-state index in [1.54, 1.807) is 6.07 Å². The molecule has 8 heteroatoms. The number of amides is 1. The van der Waals surface area contributed by atoms with Gasteiger partial charge in [0.1, 0.15) is 5.82 Å². The van der Waals surface area contributed by atoms with Crippen LogP contribution < -0.4 is 15.5 Å². The average molecular weight is 445 g/mol. The molecule has 2 aromatic rings. The number of fused-ring (bicyclic) bond motifs is 1. The smallest absolute Gasteiger partial charge is 0.304 e. The standard InChI is InChI=1S/C23H29ClN4O3/c24-18-7-8-19-17(22(18)23(31)26-12-15-4-2-1-3-5-15)6-9-20(27-19)28-13-16(14-28)25-11-10-21(29)30/h6-9,15-16,25H,1-5,10-14H2,(H,26,31)(H,29,30). The lowest BCUT2D eigenvalue weighted by atomic mass is 9.89. The van der Waals surface area contributed by atoms with Crippen LogP contribution in [0.2, 0.25) is 5.02 Å². The zero-order chi connectivity index (χ0) is 21.8. The molecule has 1 amide bonds. The van der Waals surface area contributed by atoms with Gasteiger partial charge < -0.3 is 20.6 Å². The second-order valence-corrected chi connectivity index (χ2v) is 8.98. The number of aliphatic carboxylic acids is 1. The van der Waals surface area contributed by atoms with E-state index in [9.17, 15) is 9.59 Å². The van der Waals surface area contributed by atoms with E-state index in [4.69, 9.17) is 21.7 Å². The van der Waals surface area contributed by atoms with E-state index in [-0.39, 0.29) is 18.4 Å². The Kier molecular flexibility index (Phi) is 6.92. The largest absolute Gasteiger partial charge is 0.481 e. The molecule has 166 valence electrons. The Morgan fingerprint density at radius 2 is 1.90 bits per heavy atom. The molecule has 2 heterocycles. The topological polar surface area (TPSA) is 94.6 Å². The summed E-state index contributed by atoms with van der Waals surface area (Å²) in [5.74, 6) is 0.471. The quantitative estimate of drug-likeness (QED) is 0.577. The van der Waals surface area contributed by atoms with E-state index in [2.05, 4.69) is 15.5 Å². The van der Waals surface area contributed by atoms with Crippen molar-refractivity contribution in [3.63, 3.8) is 0 Å². The Morgan fingerprint density at radius 3 is 2.65 bits per heavy atom. The van der Waals surface area contributed by atoms with Gasteiger partial charge in [-0.1, -0.05) is 30.9 Å². The van der Waals surface area contributed by atoms with Crippen LogP contribution in [-0.2, 0) is 4.79 Å². The van der Waals surface area contributed by atoms with Gasteiger partial charge in [0, 0.05) is 37.6 Å². The van der Waals surface area contributed by atoms with E-state index in [0.717, 1.165) is 29.8 Å². The highest BCUT2D eigenvalue weighted by molar-refractivity contribution is 6.35. The van der Waals surface area contributed by atoms with Crippen LogP contribution in [0.15, 0.2) is 24.3 Å². The molecular formula is C23H29ClN4O3. The molecule has 1 saturated heterocycles. The van der Waals surface area contributed by atoms with Crippen LogP contribution in [-0.4, -0.2) is 54.2 Å². The fraction of sp³-hybridized carbons (Fsp3) is 0.522. The summed E-state index contributed by atoms with van der Waals surface area (Å²) in [5, 5.41) is 16.3. The third-order valence-electron chi connectivity index (χ3n) is 6.29. The molecule has 31 heavy (non-hydrogen) atoms. The number of hydrogen-bond acceptors (Lipinski definition) is 5. The molecule has 0 radical (unpaired) electrons. The van der Waals surface area contributed by atoms with Gasteiger partial charge in [-0.05, 0) is 43.0 Å². The third-order valence-corrected chi connectivity index (χ3v) is 6.60. The fourth-order valence-electron chi connectivity index (χ4n) is 4.47. The molecule has 7 nitrogen and oxygen atoms in total. The molecule has 4 rings (SSSR count). The number of benzene rings is 1. The average Bonchev–Trinajstić information content (AvgIpc) is 2.74. The lowest BCUT2D eigenvalue weighted by Gasteiger charge is -2.40. The first-order valence-corrected chi connectivity index (χ1v) is 11.5. The van der Waals surface area contributed by atoms with Crippen molar-refractivity contribution < 1.29 is 14.7 Å². The van der Waals surface area contributed by atoms with Gasteiger partial charge in [0.15, 0.2) is 0 Å². The van der Waals surface area contributed by atoms with E-state index < -0.39 is 5.97 Å². The summed E-state index contributed by atoms with van der Waals surface area (Å²) in [6.45, 7) is 2.72. The molecule has 3 N–H and O–H groups in total. The van der Waals surface area contributed by atoms with Gasteiger partial charge in [-0.15, -0.1) is 0 Å². The molecule has 1 aliphatic carbocycles. The van der Waals surface area contributed by atoms with Crippen LogP contribution in [0.4, 0.5) is 5.82 Å². The van der Waals surface area contributed by atoms with Crippen LogP contribution >= 0.6 is 11.6 Å². The SMILES string of the molecule is O=C(O)CCNC1CN(c2ccc3c(C(=O)NCC4CCCCC4)c(Cl)ccc3n2)C1. The molecular weight excluding hydrogens is 416 g/mol. The van der Waals surface area contributed by atoms with Gasteiger partial charge in [-0.2, -0.15) is 0 Å². The van der Waals surface area contributed by atoms with Gasteiger partial charge in [0.2, 0.25) is 0 Å². The van der Waals surface area contributed by atoms with E-state index >= 15 is 0 Å². The number of pyridine rings is 1. The molecule has 1 saturated carbocycles. The van der Waals surface area contributed by atoms with Gasteiger partial charge >= 0.3 is 5.97 Å². The Morgan fingerprint density at radius 1 is 1.13 bits per heavy atom. The molecule has 1 aromatic heterocycles. The Labute approximate surface area is 187 Å². The van der Waals surface area contributed by atoms with Crippen molar-refractivity contribution in [2.24, 2.45) is 5.92 Å². The molecule has 0 spiro atoms. The summed E-state index contributed by atoms with van der Waals surface area (Å²) in [4.78, 5) is 30.4. The molecule has 1 aliphatic heterocycles. The van der Waals surface area contributed by atoms with Crippen LogP contribution in [0.3, 0.4) is 0 Å². The maximum absolute atomic E-state index is 12.9. The number of nitrogens with one attached hydrogen (secondary N) is 2. The van der Waals surface area contributed by atoms with Crippen molar-refractivity contribution in [2.45, 2.75) is 44.6 Å². The van der Waals surface area contributed by atoms with Gasteiger partial charge in [0.05, 0.1) is 22.5 Å². The van der Waals surface area contributed by atoms with E-state index in [1.807, 2.05) is 18.2 Å². The number of nitrogens with zero attached hydrogens (tertiary/aromatic N) is 2. The normalized spacial score (nSPS) is 17.5. The highest BCUT2D eigenvalue weighted by atomic mass is 35.5. The first-order chi connectivity index (χ1) is 15.0. The number of rotatable bonds is 8. The van der Waals surface area contributed by atoms with Gasteiger partial charge in [0.25, 0.3) is 5.91 Å². The third kappa shape index (κ3) is 5.28. The van der Waals surface area contributed by atoms with Crippen LogP contribution in [0.5, 0.6) is 0 Å². The molecule has 2 fully saturated rings. The number of hydrogen-bond donors (Lipinski definition) is 3. The minimum Gasteiger partial charge on any atom is -0.481 e.